The summed E-state index contributed by atoms with van der Waals surface area (Å²) in [5, 5.41) is 9.14. The standard InChI is InChI=1S/C14H17N3O4S/c1-3-22(19,20)12-6-4-11(5-7-12)15-9-14(18)16-13-8-10(2)21-17-13/h4-8,15H,3,9H2,1-2H3,(H,16,17,18). The molecule has 22 heavy (non-hydrogen) atoms. The second-order valence-corrected chi connectivity index (χ2v) is 6.93. The van der Waals surface area contributed by atoms with Gasteiger partial charge >= 0.3 is 0 Å². The molecule has 1 amide bonds. The van der Waals surface area contributed by atoms with Gasteiger partial charge in [-0.2, -0.15) is 0 Å². The first-order chi connectivity index (χ1) is 10.4. The van der Waals surface area contributed by atoms with Crippen molar-refractivity contribution in [3.05, 3.63) is 36.1 Å². The molecule has 7 nitrogen and oxygen atoms in total. The number of sulfone groups is 1. The molecular weight excluding hydrogens is 306 g/mol. The molecule has 0 radical (unpaired) electrons. The molecule has 118 valence electrons. The Bertz CT molecular complexity index is 751. The van der Waals surface area contributed by atoms with Crippen LogP contribution in [0.4, 0.5) is 11.5 Å². The second kappa shape index (κ2) is 6.61. The molecule has 1 heterocycles. The van der Waals surface area contributed by atoms with Crippen LogP contribution in [0.25, 0.3) is 0 Å². The van der Waals surface area contributed by atoms with E-state index in [1.165, 1.54) is 12.1 Å². The Morgan fingerprint density at radius 2 is 1.95 bits per heavy atom. The maximum Gasteiger partial charge on any atom is 0.244 e. The number of aromatic nitrogens is 1. The molecule has 0 saturated heterocycles. The van der Waals surface area contributed by atoms with Crippen LogP contribution in [-0.2, 0) is 14.6 Å². The fourth-order valence-electron chi connectivity index (χ4n) is 1.74. The average Bonchev–Trinajstić information content (AvgIpc) is 2.90. The van der Waals surface area contributed by atoms with Crippen molar-refractivity contribution in [1.82, 2.24) is 5.16 Å². The lowest BCUT2D eigenvalue weighted by Crippen LogP contribution is -2.21. The topological polar surface area (TPSA) is 101 Å². The summed E-state index contributed by atoms with van der Waals surface area (Å²) in [4.78, 5) is 12.0. The van der Waals surface area contributed by atoms with Gasteiger partial charge in [0.1, 0.15) is 5.76 Å². The third kappa shape index (κ3) is 4.08. The Morgan fingerprint density at radius 3 is 2.50 bits per heavy atom. The monoisotopic (exact) mass is 323 g/mol. The van der Waals surface area contributed by atoms with Gasteiger partial charge in [-0.05, 0) is 31.2 Å². The predicted octanol–water partition coefficient (Wildman–Crippen LogP) is 1.83. The Balaban J connectivity index is 1.90. The lowest BCUT2D eigenvalue weighted by atomic mass is 10.3. The fourth-order valence-corrected chi connectivity index (χ4v) is 2.63. The Morgan fingerprint density at radius 1 is 1.27 bits per heavy atom. The summed E-state index contributed by atoms with van der Waals surface area (Å²) in [5.41, 5.74) is 0.654. The molecule has 0 aliphatic rings. The van der Waals surface area contributed by atoms with E-state index in [4.69, 9.17) is 4.52 Å². The fraction of sp³-hybridized carbons (Fsp3) is 0.286. The second-order valence-electron chi connectivity index (χ2n) is 4.65. The molecule has 0 saturated carbocycles. The summed E-state index contributed by atoms with van der Waals surface area (Å²) in [6.07, 6.45) is 0. The smallest absolute Gasteiger partial charge is 0.244 e. The lowest BCUT2D eigenvalue weighted by Gasteiger charge is -2.07. The van der Waals surface area contributed by atoms with Gasteiger partial charge in [0.05, 0.1) is 17.2 Å². The largest absolute Gasteiger partial charge is 0.376 e. The van der Waals surface area contributed by atoms with Crippen LogP contribution in [0.1, 0.15) is 12.7 Å². The molecule has 0 bridgehead atoms. The van der Waals surface area contributed by atoms with Crippen molar-refractivity contribution < 1.29 is 17.7 Å². The molecule has 2 N–H and O–H groups in total. The maximum atomic E-state index is 11.7. The zero-order valence-corrected chi connectivity index (χ0v) is 13.1. The molecule has 8 heteroatoms. The van der Waals surface area contributed by atoms with Crippen molar-refractivity contribution in [2.24, 2.45) is 0 Å². The molecular formula is C14H17N3O4S. The average molecular weight is 323 g/mol. The Labute approximate surface area is 128 Å². The van der Waals surface area contributed by atoms with Gasteiger partial charge in [0, 0.05) is 11.8 Å². The molecule has 1 aromatic heterocycles. The highest BCUT2D eigenvalue weighted by Gasteiger charge is 2.11. The van der Waals surface area contributed by atoms with Crippen LogP contribution in [0.2, 0.25) is 0 Å². The van der Waals surface area contributed by atoms with Crippen molar-refractivity contribution in [2.45, 2.75) is 18.7 Å². The Kier molecular flexibility index (Phi) is 4.81. The van der Waals surface area contributed by atoms with Crippen LogP contribution in [0.15, 0.2) is 39.8 Å². The number of carbonyl (C=O) groups is 1. The number of nitrogens with zero attached hydrogens (tertiary/aromatic N) is 1. The van der Waals surface area contributed by atoms with E-state index >= 15 is 0 Å². The third-order valence-electron chi connectivity index (χ3n) is 2.94. The lowest BCUT2D eigenvalue weighted by molar-refractivity contribution is -0.114. The van der Waals surface area contributed by atoms with Gasteiger partial charge in [-0.3, -0.25) is 4.79 Å². The molecule has 0 atom stereocenters. The van der Waals surface area contributed by atoms with E-state index in [9.17, 15) is 13.2 Å². The highest BCUT2D eigenvalue weighted by Crippen LogP contribution is 2.15. The van der Waals surface area contributed by atoms with Gasteiger partial charge in [-0.25, -0.2) is 8.42 Å². The number of hydrogen-bond donors (Lipinski definition) is 2. The Hall–Kier alpha value is -2.35. The molecule has 0 unspecified atom stereocenters. The van der Waals surface area contributed by atoms with Gasteiger partial charge in [-0.1, -0.05) is 12.1 Å². The van der Waals surface area contributed by atoms with E-state index < -0.39 is 9.84 Å². The summed E-state index contributed by atoms with van der Waals surface area (Å²) < 4.78 is 28.2. The number of rotatable bonds is 6. The van der Waals surface area contributed by atoms with E-state index in [1.54, 1.807) is 32.0 Å². The molecule has 2 aromatic rings. The maximum absolute atomic E-state index is 11.7. The van der Waals surface area contributed by atoms with Crippen molar-refractivity contribution in [2.75, 3.05) is 22.9 Å². The highest BCUT2D eigenvalue weighted by molar-refractivity contribution is 7.91. The SMILES string of the molecule is CCS(=O)(=O)c1ccc(NCC(=O)Nc2cc(C)on2)cc1. The van der Waals surface area contributed by atoms with Crippen LogP contribution in [0, 0.1) is 6.92 Å². The van der Waals surface area contributed by atoms with Crippen molar-refractivity contribution >= 4 is 27.2 Å². The minimum Gasteiger partial charge on any atom is -0.376 e. The van der Waals surface area contributed by atoms with Gasteiger partial charge in [0.15, 0.2) is 15.7 Å². The summed E-state index contributed by atoms with van der Waals surface area (Å²) in [5.74, 6) is 0.738. The molecule has 2 rings (SSSR count). The van der Waals surface area contributed by atoms with Crippen molar-refractivity contribution in [1.29, 1.82) is 0 Å². The highest BCUT2D eigenvalue weighted by atomic mass is 32.2. The quantitative estimate of drug-likeness (QED) is 0.841. The van der Waals surface area contributed by atoms with E-state index in [0.29, 0.717) is 17.3 Å². The molecule has 1 aromatic carbocycles. The number of nitrogens with one attached hydrogen (secondary N) is 2. The van der Waals surface area contributed by atoms with Crippen LogP contribution >= 0.6 is 0 Å². The summed E-state index contributed by atoms with van der Waals surface area (Å²) >= 11 is 0. The normalized spacial score (nSPS) is 11.2. The van der Waals surface area contributed by atoms with Gasteiger partial charge < -0.3 is 15.2 Å². The van der Waals surface area contributed by atoms with Crippen LogP contribution in [0.3, 0.4) is 0 Å². The molecule has 0 aliphatic carbocycles. The van der Waals surface area contributed by atoms with E-state index in [-0.39, 0.29) is 23.1 Å². The van der Waals surface area contributed by atoms with Crippen molar-refractivity contribution in [3.8, 4) is 0 Å². The van der Waals surface area contributed by atoms with Crippen LogP contribution in [0.5, 0.6) is 0 Å². The minimum atomic E-state index is -3.21. The molecule has 0 aliphatic heterocycles. The van der Waals surface area contributed by atoms with Gasteiger partial charge in [0.25, 0.3) is 0 Å². The van der Waals surface area contributed by atoms with Crippen LogP contribution < -0.4 is 10.6 Å². The zero-order chi connectivity index (χ0) is 16.2. The van der Waals surface area contributed by atoms with E-state index in [2.05, 4.69) is 15.8 Å². The van der Waals surface area contributed by atoms with E-state index in [1.807, 2.05) is 0 Å². The van der Waals surface area contributed by atoms with E-state index in [0.717, 1.165) is 0 Å². The number of benzene rings is 1. The first-order valence-electron chi connectivity index (χ1n) is 6.70. The van der Waals surface area contributed by atoms with Gasteiger partial charge in [-0.15, -0.1) is 0 Å². The predicted molar refractivity (Wildman–Crippen MR) is 82.5 cm³/mol. The summed E-state index contributed by atoms with van der Waals surface area (Å²) in [6, 6.07) is 7.88. The number of aryl methyl sites for hydroxylation is 1. The third-order valence-corrected chi connectivity index (χ3v) is 4.69. The number of carbonyl (C=O) groups excluding carboxylic acids is 1. The summed E-state index contributed by atoms with van der Waals surface area (Å²) in [7, 11) is -3.21. The van der Waals surface area contributed by atoms with Crippen LogP contribution in [-0.4, -0.2) is 31.8 Å². The minimum absolute atomic E-state index is 0.0335. The number of hydrogen-bond acceptors (Lipinski definition) is 6. The number of anilines is 2. The zero-order valence-electron chi connectivity index (χ0n) is 12.3. The summed E-state index contributed by atoms with van der Waals surface area (Å²) in [6.45, 7) is 3.36. The number of amides is 1. The first kappa shape index (κ1) is 16.0. The molecule has 0 fully saturated rings. The van der Waals surface area contributed by atoms with Gasteiger partial charge in [0.2, 0.25) is 5.91 Å². The first-order valence-corrected chi connectivity index (χ1v) is 8.36. The van der Waals surface area contributed by atoms with Crippen molar-refractivity contribution in [3.63, 3.8) is 0 Å². The molecule has 0 spiro atoms.